The van der Waals surface area contributed by atoms with Gasteiger partial charge in [-0.05, 0) is 29.2 Å². The maximum atomic E-state index is 8.64. The first-order chi connectivity index (χ1) is 6.19. The summed E-state index contributed by atoms with van der Waals surface area (Å²) in [5.74, 6) is 0.170. The zero-order chi connectivity index (χ0) is 9.84. The van der Waals surface area contributed by atoms with E-state index in [4.69, 9.17) is 22.4 Å². The zero-order valence-corrected chi connectivity index (χ0v) is 7.45. The van der Waals surface area contributed by atoms with Crippen molar-refractivity contribution in [2.24, 2.45) is 5.11 Å². The minimum Gasteiger partial charge on any atom is -0.233 e. The molecule has 0 N–H and O–H groups in total. The number of azide groups is 1. The van der Waals surface area contributed by atoms with Crippen LogP contribution in [0.2, 0.25) is 5.15 Å². The number of rotatable bonds is 1. The summed E-state index contributed by atoms with van der Waals surface area (Å²) in [6, 6.07) is 3.41. The summed E-state index contributed by atoms with van der Waals surface area (Å²) in [4.78, 5) is 6.28. The summed E-state index contributed by atoms with van der Waals surface area (Å²) in [6.07, 6.45) is 0. The summed E-state index contributed by atoms with van der Waals surface area (Å²) < 4.78 is 0. The van der Waals surface area contributed by atoms with E-state index >= 15 is 0 Å². The highest BCUT2D eigenvalue weighted by Crippen LogP contribution is 2.21. The van der Waals surface area contributed by atoms with Crippen molar-refractivity contribution in [1.29, 1.82) is 5.26 Å². The van der Waals surface area contributed by atoms with Gasteiger partial charge >= 0.3 is 0 Å². The monoisotopic (exact) mass is 193 g/mol. The molecule has 1 rings (SSSR count). The second-order valence-corrected chi connectivity index (χ2v) is 2.62. The summed E-state index contributed by atoms with van der Waals surface area (Å²) >= 11 is 5.65. The first-order valence-electron chi connectivity index (χ1n) is 3.31. The number of aryl methyl sites for hydroxylation is 1. The smallest absolute Gasteiger partial charge is 0.147 e. The Bertz CT molecular complexity index is 404. The van der Waals surface area contributed by atoms with Gasteiger partial charge in [-0.3, -0.25) is 0 Å². The fourth-order valence-corrected chi connectivity index (χ4v) is 1.13. The van der Waals surface area contributed by atoms with Crippen molar-refractivity contribution < 1.29 is 0 Å². The van der Waals surface area contributed by atoms with Crippen LogP contribution in [0.1, 0.15) is 11.1 Å². The van der Waals surface area contributed by atoms with E-state index in [0.717, 1.165) is 0 Å². The second kappa shape index (κ2) is 3.76. The van der Waals surface area contributed by atoms with Crippen molar-refractivity contribution in [1.82, 2.24) is 4.98 Å². The van der Waals surface area contributed by atoms with Gasteiger partial charge in [0.15, 0.2) is 0 Å². The lowest BCUT2D eigenvalue weighted by atomic mass is 10.2. The minimum absolute atomic E-state index is 0.0601. The molecule has 0 atom stereocenters. The van der Waals surface area contributed by atoms with Crippen LogP contribution in [0.5, 0.6) is 0 Å². The minimum atomic E-state index is 0.0601. The Hall–Kier alpha value is -1.76. The molecule has 5 nitrogen and oxygen atoms in total. The van der Waals surface area contributed by atoms with Gasteiger partial charge in [0.25, 0.3) is 0 Å². The van der Waals surface area contributed by atoms with Gasteiger partial charge in [0.1, 0.15) is 17.0 Å². The third-order valence-electron chi connectivity index (χ3n) is 1.42. The molecule has 0 aliphatic carbocycles. The lowest BCUT2D eigenvalue weighted by Crippen LogP contribution is -1.87. The van der Waals surface area contributed by atoms with Crippen LogP contribution in [0, 0.1) is 18.3 Å². The van der Waals surface area contributed by atoms with E-state index in [1.54, 1.807) is 6.92 Å². The molecule has 0 bridgehead atoms. The van der Waals surface area contributed by atoms with Crippen molar-refractivity contribution in [2.45, 2.75) is 6.92 Å². The summed E-state index contributed by atoms with van der Waals surface area (Å²) in [5, 5.41) is 12.0. The molecule has 1 aromatic rings. The molecular formula is C7H4ClN5. The third kappa shape index (κ3) is 1.88. The van der Waals surface area contributed by atoms with Gasteiger partial charge in [-0.2, -0.15) is 5.26 Å². The molecule has 0 unspecified atom stereocenters. The van der Waals surface area contributed by atoms with Gasteiger partial charge in [-0.15, -0.1) is 0 Å². The Morgan fingerprint density at radius 2 is 2.46 bits per heavy atom. The molecular weight excluding hydrogens is 190 g/mol. The van der Waals surface area contributed by atoms with E-state index in [2.05, 4.69) is 15.0 Å². The number of hydrogen-bond acceptors (Lipinski definition) is 3. The Labute approximate surface area is 79.2 Å². The SMILES string of the molecule is Cc1cc(N=[N+]=[N-])nc(Cl)c1C#N. The number of pyridine rings is 1. The van der Waals surface area contributed by atoms with Gasteiger partial charge in [-0.25, -0.2) is 4.98 Å². The Kier molecular flexibility index (Phi) is 2.70. The molecule has 0 spiro atoms. The van der Waals surface area contributed by atoms with Crippen LogP contribution in [0.3, 0.4) is 0 Å². The molecule has 64 valence electrons. The quantitative estimate of drug-likeness (QED) is 0.297. The van der Waals surface area contributed by atoms with Crippen LogP contribution in [-0.4, -0.2) is 4.98 Å². The second-order valence-electron chi connectivity index (χ2n) is 2.26. The summed E-state index contributed by atoms with van der Waals surface area (Å²) in [5.41, 5.74) is 9.09. The summed E-state index contributed by atoms with van der Waals surface area (Å²) in [7, 11) is 0. The van der Waals surface area contributed by atoms with E-state index in [0.29, 0.717) is 11.1 Å². The molecule has 0 saturated heterocycles. The van der Waals surface area contributed by atoms with Crippen molar-refractivity contribution in [3.63, 3.8) is 0 Å². The Morgan fingerprint density at radius 3 is 2.92 bits per heavy atom. The maximum Gasteiger partial charge on any atom is 0.147 e. The Balaban J connectivity index is 3.38. The van der Waals surface area contributed by atoms with Gasteiger partial charge in [0, 0.05) is 4.91 Å². The molecule has 1 aromatic heterocycles. The number of nitriles is 1. The third-order valence-corrected chi connectivity index (χ3v) is 1.69. The maximum absolute atomic E-state index is 8.64. The number of halogens is 1. The highest BCUT2D eigenvalue weighted by molar-refractivity contribution is 6.30. The van der Waals surface area contributed by atoms with Crippen LogP contribution in [0.4, 0.5) is 5.82 Å². The fourth-order valence-electron chi connectivity index (χ4n) is 0.849. The highest BCUT2D eigenvalue weighted by atomic mass is 35.5. The highest BCUT2D eigenvalue weighted by Gasteiger charge is 2.05. The van der Waals surface area contributed by atoms with E-state index in [1.807, 2.05) is 6.07 Å². The van der Waals surface area contributed by atoms with Crippen molar-refractivity contribution in [2.75, 3.05) is 0 Å². The van der Waals surface area contributed by atoms with Crippen LogP contribution < -0.4 is 0 Å². The molecule has 0 aliphatic rings. The lowest BCUT2D eigenvalue weighted by molar-refractivity contribution is 1.21. The average Bonchev–Trinajstić information content (AvgIpc) is 2.04. The van der Waals surface area contributed by atoms with Gasteiger partial charge < -0.3 is 0 Å². The average molecular weight is 194 g/mol. The molecule has 0 aliphatic heterocycles. The van der Waals surface area contributed by atoms with Crippen molar-refractivity contribution in [3.8, 4) is 6.07 Å². The van der Waals surface area contributed by atoms with E-state index in [-0.39, 0.29) is 11.0 Å². The van der Waals surface area contributed by atoms with Gasteiger partial charge in [0.05, 0.1) is 5.56 Å². The van der Waals surface area contributed by atoms with Crippen LogP contribution in [0.15, 0.2) is 11.2 Å². The van der Waals surface area contributed by atoms with Crippen molar-refractivity contribution in [3.05, 3.63) is 32.8 Å². The van der Waals surface area contributed by atoms with Crippen molar-refractivity contribution >= 4 is 17.4 Å². The molecule has 6 heteroatoms. The first kappa shape index (κ1) is 9.33. The molecule has 0 amide bonds. The number of nitrogens with zero attached hydrogens (tertiary/aromatic N) is 5. The van der Waals surface area contributed by atoms with E-state index < -0.39 is 0 Å². The van der Waals surface area contributed by atoms with E-state index in [1.165, 1.54) is 6.07 Å². The molecule has 0 aromatic carbocycles. The molecule has 0 saturated carbocycles. The lowest BCUT2D eigenvalue weighted by Gasteiger charge is -1.99. The van der Waals surface area contributed by atoms with Gasteiger partial charge in [0.2, 0.25) is 0 Å². The predicted molar refractivity (Wildman–Crippen MR) is 47.5 cm³/mol. The largest absolute Gasteiger partial charge is 0.233 e. The predicted octanol–water partition coefficient (Wildman–Crippen LogP) is 2.86. The number of hydrogen-bond donors (Lipinski definition) is 0. The number of aromatic nitrogens is 1. The molecule has 0 fully saturated rings. The van der Waals surface area contributed by atoms with Gasteiger partial charge in [-0.1, -0.05) is 11.6 Å². The first-order valence-corrected chi connectivity index (χ1v) is 3.69. The standard InChI is InChI=1S/C7H4ClN5/c1-4-2-6(12-13-10)11-7(8)5(4)3-9/h2H,1H3. The zero-order valence-electron chi connectivity index (χ0n) is 6.69. The Morgan fingerprint density at radius 1 is 1.77 bits per heavy atom. The molecule has 1 heterocycles. The topological polar surface area (TPSA) is 85.4 Å². The van der Waals surface area contributed by atoms with Crippen LogP contribution >= 0.6 is 11.6 Å². The van der Waals surface area contributed by atoms with Crippen LogP contribution in [-0.2, 0) is 0 Å². The fraction of sp³-hybridized carbons (Fsp3) is 0.143. The molecule has 13 heavy (non-hydrogen) atoms. The van der Waals surface area contributed by atoms with Crippen LogP contribution in [0.25, 0.3) is 10.4 Å². The summed E-state index contributed by atoms with van der Waals surface area (Å²) in [6.45, 7) is 1.70. The molecule has 0 radical (unpaired) electrons. The van der Waals surface area contributed by atoms with E-state index in [9.17, 15) is 0 Å². The normalized spacial score (nSPS) is 8.69.